The Morgan fingerprint density at radius 3 is 2.62 bits per heavy atom. The zero-order valence-electron chi connectivity index (χ0n) is 20.2. The minimum absolute atomic E-state index is 0.145. The standard InChI is InChI=1S/C24H24F3N5O5/c1-23(2,3)36-22(33)31-11-10-28-13-19(31)16-9-8-14(12-18(16)32(34)35)21-29-20(30-37-21)15-6-4-5-7-17(15)24(25,26)27/h4-9,12,19,28H,10-11,13H2,1-3H3. The maximum atomic E-state index is 13.4. The summed E-state index contributed by atoms with van der Waals surface area (Å²) in [7, 11) is 0. The fourth-order valence-corrected chi connectivity index (χ4v) is 4.01. The molecule has 1 fully saturated rings. The van der Waals surface area contributed by atoms with Crippen molar-refractivity contribution >= 4 is 11.8 Å². The Bertz CT molecular complexity index is 1320. The van der Waals surface area contributed by atoms with Gasteiger partial charge in [0.05, 0.1) is 22.1 Å². The highest BCUT2D eigenvalue weighted by Crippen LogP contribution is 2.38. The van der Waals surface area contributed by atoms with Crippen LogP contribution in [0.4, 0.5) is 23.7 Å². The first-order valence-electron chi connectivity index (χ1n) is 11.3. The Kier molecular flexibility index (Phi) is 6.91. The number of nitro benzene ring substituents is 1. The van der Waals surface area contributed by atoms with Gasteiger partial charge in [0.25, 0.3) is 11.6 Å². The second kappa shape index (κ2) is 9.81. The number of rotatable bonds is 4. The Morgan fingerprint density at radius 2 is 1.95 bits per heavy atom. The average molecular weight is 519 g/mol. The number of carbonyl (C=O) groups is 1. The predicted octanol–water partition coefficient (Wildman–Crippen LogP) is 5.21. The number of amides is 1. The highest BCUT2D eigenvalue weighted by atomic mass is 19.4. The van der Waals surface area contributed by atoms with E-state index in [-0.39, 0.29) is 47.2 Å². The second-order valence-corrected chi connectivity index (χ2v) is 9.39. The van der Waals surface area contributed by atoms with Crippen LogP contribution < -0.4 is 5.32 Å². The first kappa shape index (κ1) is 26.1. The second-order valence-electron chi connectivity index (χ2n) is 9.39. The number of benzene rings is 2. The summed E-state index contributed by atoms with van der Waals surface area (Å²) in [6, 6.07) is 8.24. The summed E-state index contributed by atoms with van der Waals surface area (Å²) in [5.74, 6) is -0.491. The van der Waals surface area contributed by atoms with Gasteiger partial charge in [0.15, 0.2) is 0 Å². The van der Waals surface area contributed by atoms with Gasteiger partial charge in [-0.3, -0.25) is 15.0 Å². The van der Waals surface area contributed by atoms with E-state index in [1.165, 1.54) is 41.3 Å². The lowest BCUT2D eigenvalue weighted by Crippen LogP contribution is -2.50. The van der Waals surface area contributed by atoms with Crippen molar-refractivity contribution in [3.8, 4) is 22.8 Å². The van der Waals surface area contributed by atoms with Crippen molar-refractivity contribution in [2.45, 2.75) is 38.6 Å². The zero-order chi connectivity index (χ0) is 27.0. The molecule has 1 N–H and O–H groups in total. The number of nitrogens with zero attached hydrogens (tertiary/aromatic N) is 4. The normalized spacial score (nSPS) is 16.5. The molecule has 13 heteroatoms. The van der Waals surface area contributed by atoms with Gasteiger partial charge >= 0.3 is 12.3 Å². The van der Waals surface area contributed by atoms with Crippen LogP contribution in [0.2, 0.25) is 0 Å². The van der Waals surface area contributed by atoms with Crippen molar-refractivity contribution in [2.24, 2.45) is 0 Å². The highest BCUT2D eigenvalue weighted by Gasteiger charge is 2.36. The number of halogens is 3. The molecule has 1 aliphatic heterocycles. The van der Waals surface area contributed by atoms with Gasteiger partial charge in [-0.1, -0.05) is 23.4 Å². The molecule has 2 aromatic carbocycles. The Balaban J connectivity index is 1.69. The van der Waals surface area contributed by atoms with Crippen LogP contribution >= 0.6 is 0 Å². The number of piperazine rings is 1. The van der Waals surface area contributed by atoms with E-state index < -0.39 is 34.4 Å². The number of nitrogens with one attached hydrogen (secondary N) is 1. The van der Waals surface area contributed by atoms with Crippen molar-refractivity contribution in [1.82, 2.24) is 20.4 Å². The molecule has 0 saturated carbocycles. The van der Waals surface area contributed by atoms with Gasteiger partial charge in [-0.2, -0.15) is 18.2 Å². The van der Waals surface area contributed by atoms with E-state index in [0.717, 1.165) is 6.07 Å². The fraction of sp³-hybridized carbons (Fsp3) is 0.375. The number of hydrogen-bond acceptors (Lipinski definition) is 8. The lowest BCUT2D eigenvalue weighted by molar-refractivity contribution is -0.385. The van der Waals surface area contributed by atoms with E-state index in [0.29, 0.717) is 6.54 Å². The van der Waals surface area contributed by atoms with Crippen molar-refractivity contribution in [3.05, 3.63) is 63.7 Å². The topological polar surface area (TPSA) is 124 Å². The van der Waals surface area contributed by atoms with E-state index >= 15 is 0 Å². The number of nitro groups is 1. The molecule has 3 aromatic rings. The lowest BCUT2D eigenvalue weighted by atomic mass is 9.99. The van der Waals surface area contributed by atoms with Crippen LogP contribution in [0, 0.1) is 10.1 Å². The highest BCUT2D eigenvalue weighted by molar-refractivity contribution is 5.70. The van der Waals surface area contributed by atoms with Crippen molar-refractivity contribution < 1.29 is 32.1 Å². The molecule has 0 aliphatic carbocycles. The Hall–Kier alpha value is -4.00. The van der Waals surface area contributed by atoms with Crippen LogP contribution in [-0.4, -0.2) is 51.3 Å². The molecule has 2 heterocycles. The summed E-state index contributed by atoms with van der Waals surface area (Å²) < 4.78 is 50.8. The summed E-state index contributed by atoms with van der Waals surface area (Å²) in [6.45, 7) is 6.22. The van der Waals surface area contributed by atoms with E-state index in [1.54, 1.807) is 20.8 Å². The first-order valence-corrected chi connectivity index (χ1v) is 11.3. The molecule has 1 aromatic heterocycles. The third kappa shape index (κ3) is 5.71. The molecule has 0 radical (unpaired) electrons. The molecule has 4 rings (SSSR count). The number of alkyl halides is 3. The van der Waals surface area contributed by atoms with Gasteiger partial charge in [0.1, 0.15) is 5.60 Å². The molecule has 196 valence electrons. The van der Waals surface area contributed by atoms with Gasteiger partial charge in [0.2, 0.25) is 5.82 Å². The van der Waals surface area contributed by atoms with Crippen LogP contribution in [-0.2, 0) is 10.9 Å². The maximum Gasteiger partial charge on any atom is 0.417 e. The summed E-state index contributed by atoms with van der Waals surface area (Å²) >= 11 is 0. The largest absolute Gasteiger partial charge is 0.444 e. The third-order valence-electron chi connectivity index (χ3n) is 5.60. The summed E-state index contributed by atoms with van der Waals surface area (Å²) in [6.07, 6.45) is -5.23. The number of carbonyl (C=O) groups excluding carboxylic acids is 1. The molecule has 1 atom stereocenters. The smallest absolute Gasteiger partial charge is 0.417 e. The molecule has 37 heavy (non-hydrogen) atoms. The van der Waals surface area contributed by atoms with Crippen LogP contribution in [0.25, 0.3) is 22.8 Å². The van der Waals surface area contributed by atoms with Crippen molar-refractivity contribution in [2.75, 3.05) is 19.6 Å². The zero-order valence-corrected chi connectivity index (χ0v) is 20.2. The maximum absolute atomic E-state index is 13.4. The van der Waals surface area contributed by atoms with E-state index in [9.17, 15) is 28.1 Å². The fourth-order valence-electron chi connectivity index (χ4n) is 4.01. The van der Waals surface area contributed by atoms with Crippen LogP contribution in [0.3, 0.4) is 0 Å². The minimum atomic E-state index is -4.63. The van der Waals surface area contributed by atoms with E-state index in [1.807, 2.05) is 0 Å². The molecule has 1 unspecified atom stereocenters. The van der Waals surface area contributed by atoms with E-state index in [4.69, 9.17) is 9.26 Å². The first-order chi connectivity index (χ1) is 17.3. The average Bonchev–Trinajstić information content (AvgIpc) is 3.32. The molecule has 0 bridgehead atoms. The van der Waals surface area contributed by atoms with Gasteiger partial charge in [-0.05, 0) is 39.0 Å². The summed E-state index contributed by atoms with van der Waals surface area (Å²) in [5.41, 5.74) is -1.87. The predicted molar refractivity (Wildman–Crippen MR) is 125 cm³/mol. The molecular weight excluding hydrogens is 495 g/mol. The molecule has 1 saturated heterocycles. The summed E-state index contributed by atoms with van der Waals surface area (Å²) in [5, 5.41) is 18.8. The quantitative estimate of drug-likeness (QED) is 0.368. The van der Waals surface area contributed by atoms with Crippen molar-refractivity contribution in [1.29, 1.82) is 0 Å². The number of ether oxygens (including phenoxy) is 1. The molecule has 1 aliphatic rings. The van der Waals surface area contributed by atoms with E-state index in [2.05, 4.69) is 15.5 Å². The Morgan fingerprint density at radius 1 is 1.22 bits per heavy atom. The number of hydrogen-bond donors (Lipinski definition) is 1. The van der Waals surface area contributed by atoms with Crippen LogP contribution in [0.5, 0.6) is 0 Å². The van der Waals surface area contributed by atoms with Gasteiger partial charge < -0.3 is 14.6 Å². The van der Waals surface area contributed by atoms with Crippen LogP contribution in [0.15, 0.2) is 47.0 Å². The van der Waals surface area contributed by atoms with Crippen molar-refractivity contribution in [3.63, 3.8) is 0 Å². The molecule has 10 nitrogen and oxygen atoms in total. The summed E-state index contributed by atoms with van der Waals surface area (Å²) in [4.78, 5) is 29.7. The molecule has 1 amide bonds. The van der Waals surface area contributed by atoms with Gasteiger partial charge in [0, 0.05) is 36.8 Å². The molecule has 0 spiro atoms. The molecular formula is C24H24F3N5O5. The van der Waals surface area contributed by atoms with Gasteiger partial charge in [-0.25, -0.2) is 4.79 Å². The monoisotopic (exact) mass is 519 g/mol. The van der Waals surface area contributed by atoms with Crippen LogP contribution in [0.1, 0.15) is 37.9 Å². The number of aromatic nitrogens is 2. The lowest BCUT2D eigenvalue weighted by Gasteiger charge is -2.37. The van der Waals surface area contributed by atoms with Gasteiger partial charge in [-0.15, -0.1) is 0 Å². The third-order valence-corrected chi connectivity index (χ3v) is 5.60. The SMILES string of the molecule is CC(C)(C)OC(=O)N1CCNCC1c1ccc(-c2nc(-c3ccccc3C(F)(F)F)no2)cc1[N+](=O)[O-]. The Labute approximate surface area is 209 Å². The minimum Gasteiger partial charge on any atom is -0.444 e.